The second-order valence-electron chi connectivity index (χ2n) is 14.0. The van der Waals surface area contributed by atoms with E-state index < -0.39 is 23.1 Å². The summed E-state index contributed by atoms with van der Waals surface area (Å²) in [5.74, 6) is -0.494. The standard InChI is InChI=1S/2C24H15ClO4/c25-21-13-12-19-22-18(21)2-1-3-20(22)24(29-23(19)28,14-4-8-16(26)9-5-14)15-6-10-17(27)11-7-15;25-21-13-12-20-22-18(21)2-1-3-19(22)23(28)29-24(20,14-4-8-16(26)9-5-14)15-6-10-17(27)11-7-15/h2*1-13,26-27H. The van der Waals surface area contributed by atoms with Crippen molar-refractivity contribution in [3.8, 4) is 23.0 Å². The van der Waals surface area contributed by atoms with Gasteiger partial charge in [-0.25, -0.2) is 9.59 Å². The second kappa shape index (κ2) is 13.9. The van der Waals surface area contributed by atoms with Gasteiger partial charge >= 0.3 is 11.9 Å². The first-order valence-corrected chi connectivity index (χ1v) is 18.8. The van der Waals surface area contributed by atoms with E-state index in [1.54, 1.807) is 127 Å². The largest absolute Gasteiger partial charge is 0.508 e. The zero-order chi connectivity index (χ0) is 40.3. The zero-order valence-corrected chi connectivity index (χ0v) is 31.7. The van der Waals surface area contributed by atoms with Crippen LogP contribution in [-0.4, -0.2) is 32.4 Å². The predicted molar refractivity (Wildman–Crippen MR) is 221 cm³/mol. The normalized spacial score (nSPS) is 14.6. The quantitative estimate of drug-likeness (QED) is 0.129. The molecule has 0 aromatic heterocycles. The van der Waals surface area contributed by atoms with Gasteiger partial charge in [0.25, 0.3) is 0 Å². The van der Waals surface area contributed by atoms with Crippen LogP contribution in [0.25, 0.3) is 21.5 Å². The summed E-state index contributed by atoms with van der Waals surface area (Å²) in [6.45, 7) is 0. The third-order valence-electron chi connectivity index (χ3n) is 10.8. The number of rotatable bonds is 4. The monoisotopic (exact) mass is 804 g/mol. The molecule has 0 spiro atoms. The van der Waals surface area contributed by atoms with Gasteiger partial charge in [0, 0.05) is 65.0 Å². The van der Waals surface area contributed by atoms with Crippen LogP contribution in [-0.2, 0) is 20.7 Å². The van der Waals surface area contributed by atoms with E-state index >= 15 is 0 Å². The molecule has 2 aliphatic rings. The fourth-order valence-corrected chi connectivity index (χ4v) is 8.58. The topological polar surface area (TPSA) is 134 Å². The molecule has 0 amide bonds. The molecule has 2 heterocycles. The Bertz CT molecular complexity index is 2680. The number of ether oxygens (including phenoxy) is 2. The number of carbonyl (C=O) groups is 2. The Morgan fingerprint density at radius 1 is 0.379 bits per heavy atom. The highest BCUT2D eigenvalue weighted by Gasteiger charge is 2.47. The zero-order valence-electron chi connectivity index (χ0n) is 30.2. The lowest BCUT2D eigenvalue weighted by atomic mass is 9.75. The first-order valence-electron chi connectivity index (χ1n) is 18.1. The Morgan fingerprint density at radius 2 is 0.707 bits per heavy atom. The van der Waals surface area contributed by atoms with E-state index in [-0.39, 0.29) is 23.0 Å². The van der Waals surface area contributed by atoms with E-state index in [0.717, 1.165) is 32.7 Å². The second-order valence-corrected chi connectivity index (χ2v) is 14.8. The number of phenols is 4. The van der Waals surface area contributed by atoms with Gasteiger partial charge in [0.05, 0.1) is 11.1 Å². The van der Waals surface area contributed by atoms with E-state index in [4.69, 9.17) is 32.7 Å². The van der Waals surface area contributed by atoms with Crippen molar-refractivity contribution in [3.63, 3.8) is 0 Å². The minimum Gasteiger partial charge on any atom is -0.508 e. The molecule has 0 atom stereocenters. The number of halogens is 2. The molecule has 10 heteroatoms. The number of phenolic OH excluding ortho intramolecular Hbond substituents is 4. The molecule has 0 bridgehead atoms. The van der Waals surface area contributed by atoms with Crippen LogP contribution >= 0.6 is 23.2 Å². The van der Waals surface area contributed by atoms with E-state index in [1.165, 1.54) is 0 Å². The highest BCUT2D eigenvalue weighted by Crippen LogP contribution is 2.51. The number of benzene rings is 8. The Morgan fingerprint density at radius 3 is 1.10 bits per heavy atom. The van der Waals surface area contributed by atoms with Crippen molar-refractivity contribution >= 4 is 56.7 Å². The molecule has 4 N–H and O–H groups in total. The van der Waals surface area contributed by atoms with E-state index in [2.05, 4.69) is 0 Å². The third kappa shape index (κ3) is 5.68. The van der Waals surface area contributed by atoms with Gasteiger partial charge in [-0.2, -0.15) is 0 Å². The molecule has 0 aliphatic carbocycles. The van der Waals surface area contributed by atoms with Gasteiger partial charge in [0.15, 0.2) is 11.2 Å². The number of hydrogen-bond acceptors (Lipinski definition) is 8. The molecule has 0 fully saturated rings. The molecule has 284 valence electrons. The Labute approximate surface area is 341 Å². The highest BCUT2D eigenvalue weighted by molar-refractivity contribution is 6.37. The molecule has 0 saturated heterocycles. The average Bonchev–Trinajstić information content (AvgIpc) is 3.23. The number of aromatic hydroxyl groups is 4. The molecule has 0 radical (unpaired) electrons. The lowest BCUT2D eigenvalue weighted by Crippen LogP contribution is -2.38. The molecule has 0 saturated carbocycles. The van der Waals surface area contributed by atoms with Gasteiger partial charge < -0.3 is 29.9 Å². The van der Waals surface area contributed by atoms with Crippen LogP contribution in [0.15, 0.2) is 158 Å². The minimum atomic E-state index is -1.25. The molecule has 8 aromatic carbocycles. The van der Waals surface area contributed by atoms with E-state index in [1.807, 2.05) is 30.3 Å². The van der Waals surface area contributed by atoms with Crippen LogP contribution in [0.4, 0.5) is 0 Å². The summed E-state index contributed by atoms with van der Waals surface area (Å²) in [7, 11) is 0. The van der Waals surface area contributed by atoms with Crippen molar-refractivity contribution in [2.75, 3.05) is 0 Å². The molecule has 58 heavy (non-hydrogen) atoms. The van der Waals surface area contributed by atoms with Crippen molar-refractivity contribution in [1.29, 1.82) is 0 Å². The van der Waals surface area contributed by atoms with Crippen molar-refractivity contribution in [1.82, 2.24) is 0 Å². The number of carbonyl (C=O) groups excluding carboxylic acids is 2. The summed E-state index contributed by atoms with van der Waals surface area (Å²) >= 11 is 12.9. The molecule has 8 aromatic rings. The minimum absolute atomic E-state index is 0.110. The molecular formula is C48H30Cl2O8. The van der Waals surface area contributed by atoms with Crippen LogP contribution < -0.4 is 0 Å². The summed E-state index contributed by atoms with van der Waals surface area (Å²) in [5.41, 5.74) is 2.62. The number of esters is 2. The number of hydrogen-bond donors (Lipinski definition) is 4. The Balaban J connectivity index is 0.000000150. The van der Waals surface area contributed by atoms with Crippen molar-refractivity contribution in [2.24, 2.45) is 0 Å². The molecule has 10 rings (SSSR count). The lowest BCUT2D eigenvalue weighted by Gasteiger charge is -2.39. The van der Waals surface area contributed by atoms with Gasteiger partial charge in [-0.1, -0.05) is 108 Å². The summed E-state index contributed by atoms with van der Waals surface area (Å²) < 4.78 is 12.3. The van der Waals surface area contributed by atoms with Crippen LogP contribution in [0.2, 0.25) is 10.0 Å². The maximum Gasteiger partial charge on any atom is 0.340 e. The smallest absolute Gasteiger partial charge is 0.340 e. The fourth-order valence-electron chi connectivity index (χ4n) is 8.14. The Kier molecular flexibility index (Phi) is 8.77. The van der Waals surface area contributed by atoms with Crippen LogP contribution in [0.5, 0.6) is 23.0 Å². The molecular weight excluding hydrogens is 775 g/mol. The third-order valence-corrected chi connectivity index (χ3v) is 11.4. The van der Waals surface area contributed by atoms with Crippen LogP contribution in [0.1, 0.15) is 54.1 Å². The van der Waals surface area contributed by atoms with Crippen molar-refractivity contribution < 1.29 is 39.5 Å². The van der Waals surface area contributed by atoms with Gasteiger partial charge in [-0.05, 0) is 72.8 Å². The van der Waals surface area contributed by atoms with Gasteiger partial charge in [-0.3, -0.25) is 0 Å². The summed E-state index contributed by atoms with van der Waals surface area (Å²) in [5, 5.41) is 43.2. The maximum atomic E-state index is 13.1. The van der Waals surface area contributed by atoms with Gasteiger partial charge in [0.2, 0.25) is 0 Å². The fraction of sp³-hybridized carbons (Fsp3) is 0.0417. The van der Waals surface area contributed by atoms with Crippen molar-refractivity contribution in [2.45, 2.75) is 11.2 Å². The molecule has 8 nitrogen and oxygen atoms in total. The lowest BCUT2D eigenvalue weighted by molar-refractivity contribution is 0.0116. The summed E-state index contributed by atoms with van der Waals surface area (Å²) in [4.78, 5) is 26.2. The van der Waals surface area contributed by atoms with Gasteiger partial charge in [0.1, 0.15) is 23.0 Å². The average molecular weight is 806 g/mol. The summed E-state index contributed by atoms with van der Waals surface area (Å²) in [6, 6.07) is 44.3. The van der Waals surface area contributed by atoms with E-state index in [9.17, 15) is 30.0 Å². The van der Waals surface area contributed by atoms with Crippen LogP contribution in [0, 0.1) is 0 Å². The Hall–Kier alpha value is -7.00. The van der Waals surface area contributed by atoms with Gasteiger partial charge in [-0.15, -0.1) is 0 Å². The summed E-state index contributed by atoms with van der Waals surface area (Å²) in [6.07, 6.45) is 0. The SMILES string of the molecule is O=C1OC(c2ccc(O)cc2)(c2ccc(O)cc2)c2ccc(Cl)c3cccc1c23.O=C1OC(c2ccc(O)cc2)(c2ccc(O)cc2)c2cccc3c(Cl)ccc1c23. The van der Waals surface area contributed by atoms with E-state index in [0.29, 0.717) is 43.4 Å². The van der Waals surface area contributed by atoms with Crippen LogP contribution in [0.3, 0.4) is 0 Å². The molecule has 0 unspecified atom stereocenters. The molecule has 2 aliphatic heterocycles. The first-order chi connectivity index (χ1) is 28.0. The number of cyclic esters (lactones) is 2. The predicted octanol–water partition coefficient (Wildman–Crippen LogP) is 10.7. The maximum absolute atomic E-state index is 13.1. The van der Waals surface area contributed by atoms with Crippen molar-refractivity contribution in [3.05, 3.63) is 212 Å². The highest BCUT2D eigenvalue weighted by atomic mass is 35.5. The first kappa shape index (κ1) is 36.6.